The molecule has 3 nitrogen and oxygen atoms in total. The first kappa shape index (κ1) is 14.0. The molecule has 2 rings (SSSR count). The minimum absolute atomic E-state index is 0.294. The van der Waals surface area contributed by atoms with Crippen molar-refractivity contribution in [3.05, 3.63) is 28.5 Å². The minimum atomic E-state index is -3.73. The molecule has 1 N–H and O–H groups in total. The third-order valence-corrected chi connectivity index (χ3v) is 4.95. The molecule has 0 aromatic heterocycles. The molecule has 6 heteroatoms. The molecule has 1 aliphatic rings. The van der Waals surface area contributed by atoms with Gasteiger partial charge < -0.3 is 0 Å². The van der Waals surface area contributed by atoms with Crippen LogP contribution in [0.2, 0.25) is 0 Å². The van der Waals surface area contributed by atoms with E-state index in [-0.39, 0.29) is 4.90 Å². The summed E-state index contributed by atoms with van der Waals surface area (Å²) in [4.78, 5) is -0.294. The Morgan fingerprint density at radius 3 is 2.72 bits per heavy atom. The molecule has 1 aliphatic carbocycles. The smallest absolute Gasteiger partial charge is 0.211 e. The standard InChI is InChI=1S/C12H15BrFNO2S/c13-10-5-6-12(11(14)8-10)18(16,17)15-7-1-2-9-3-4-9/h5-6,8-9,15H,1-4,7H2. The first-order valence-electron chi connectivity index (χ1n) is 5.94. The van der Waals surface area contributed by atoms with Crippen molar-refractivity contribution in [2.45, 2.75) is 30.6 Å². The zero-order valence-corrected chi connectivity index (χ0v) is 12.2. The maximum Gasteiger partial charge on any atom is 0.243 e. The second-order valence-electron chi connectivity index (χ2n) is 4.56. The van der Waals surface area contributed by atoms with Gasteiger partial charge in [-0.2, -0.15) is 0 Å². The number of benzene rings is 1. The van der Waals surface area contributed by atoms with E-state index in [0.717, 1.165) is 24.8 Å². The Morgan fingerprint density at radius 2 is 2.11 bits per heavy atom. The fraction of sp³-hybridized carbons (Fsp3) is 0.500. The quantitative estimate of drug-likeness (QED) is 0.812. The molecule has 0 heterocycles. The van der Waals surface area contributed by atoms with Crippen molar-refractivity contribution >= 4 is 26.0 Å². The van der Waals surface area contributed by atoms with Crippen molar-refractivity contribution in [1.82, 2.24) is 4.72 Å². The van der Waals surface area contributed by atoms with Crippen LogP contribution in [0.3, 0.4) is 0 Å². The third kappa shape index (κ3) is 3.76. The molecule has 0 bridgehead atoms. The average molecular weight is 336 g/mol. The first-order valence-corrected chi connectivity index (χ1v) is 8.21. The van der Waals surface area contributed by atoms with E-state index >= 15 is 0 Å². The highest BCUT2D eigenvalue weighted by molar-refractivity contribution is 9.10. The second kappa shape index (κ2) is 5.67. The molecule has 1 fully saturated rings. The van der Waals surface area contributed by atoms with Crippen LogP contribution in [0.25, 0.3) is 0 Å². The SMILES string of the molecule is O=S(=O)(NCCCC1CC1)c1ccc(Br)cc1F. The predicted octanol–water partition coefficient (Wildman–Crippen LogP) is 3.06. The zero-order valence-electron chi connectivity index (χ0n) is 9.83. The lowest BCUT2D eigenvalue weighted by molar-refractivity contribution is 0.551. The molecule has 0 radical (unpaired) electrons. The molecule has 0 spiro atoms. The van der Waals surface area contributed by atoms with Crippen molar-refractivity contribution in [2.75, 3.05) is 6.54 Å². The Balaban J connectivity index is 1.95. The molecule has 0 unspecified atom stereocenters. The molecule has 0 saturated heterocycles. The summed E-state index contributed by atoms with van der Waals surface area (Å²) in [5.74, 6) is 0.0398. The lowest BCUT2D eigenvalue weighted by atomic mass is 10.2. The van der Waals surface area contributed by atoms with Gasteiger partial charge in [-0.05, 0) is 37.0 Å². The summed E-state index contributed by atoms with van der Waals surface area (Å²) in [6, 6.07) is 3.93. The average Bonchev–Trinajstić information content (AvgIpc) is 3.07. The van der Waals surface area contributed by atoms with E-state index in [2.05, 4.69) is 20.7 Å². The largest absolute Gasteiger partial charge is 0.243 e. The number of halogens is 2. The summed E-state index contributed by atoms with van der Waals surface area (Å²) in [5, 5.41) is 0. The van der Waals surface area contributed by atoms with Gasteiger partial charge in [-0.3, -0.25) is 0 Å². The molecule has 0 amide bonds. The van der Waals surface area contributed by atoms with E-state index in [4.69, 9.17) is 0 Å². The second-order valence-corrected chi connectivity index (χ2v) is 7.21. The van der Waals surface area contributed by atoms with Gasteiger partial charge in [0.25, 0.3) is 0 Å². The number of nitrogens with one attached hydrogen (secondary N) is 1. The molecule has 18 heavy (non-hydrogen) atoms. The first-order chi connectivity index (χ1) is 8.49. The van der Waals surface area contributed by atoms with Gasteiger partial charge in [0.15, 0.2) is 0 Å². The molecule has 100 valence electrons. The maximum atomic E-state index is 13.5. The van der Waals surface area contributed by atoms with Gasteiger partial charge >= 0.3 is 0 Å². The summed E-state index contributed by atoms with van der Waals surface area (Å²) in [7, 11) is -3.73. The number of hydrogen-bond acceptors (Lipinski definition) is 2. The number of sulfonamides is 1. The van der Waals surface area contributed by atoms with Crippen LogP contribution in [0.5, 0.6) is 0 Å². The lowest BCUT2D eigenvalue weighted by Gasteiger charge is -2.07. The zero-order chi connectivity index (χ0) is 13.2. The van der Waals surface area contributed by atoms with Gasteiger partial charge in [-0.1, -0.05) is 28.8 Å². The van der Waals surface area contributed by atoms with E-state index in [1.165, 1.54) is 25.0 Å². The van der Waals surface area contributed by atoms with Crippen LogP contribution in [0.4, 0.5) is 4.39 Å². The summed E-state index contributed by atoms with van der Waals surface area (Å²) in [6.07, 6.45) is 4.37. The van der Waals surface area contributed by atoms with E-state index in [1.807, 2.05) is 0 Å². The monoisotopic (exact) mass is 335 g/mol. The summed E-state index contributed by atoms with van der Waals surface area (Å²) < 4.78 is 40.2. The maximum absolute atomic E-state index is 13.5. The number of rotatable bonds is 6. The predicted molar refractivity (Wildman–Crippen MR) is 71.2 cm³/mol. The molecule has 1 aromatic carbocycles. The third-order valence-electron chi connectivity index (χ3n) is 2.96. The van der Waals surface area contributed by atoms with E-state index in [1.54, 1.807) is 0 Å². The van der Waals surface area contributed by atoms with Crippen molar-refractivity contribution in [1.29, 1.82) is 0 Å². The molecule has 1 aromatic rings. The van der Waals surface area contributed by atoms with Crippen LogP contribution in [0.15, 0.2) is 27.6 Å². The van der Waals surface area contributed by atoms with Crippen LogP contribution in [0, 0.1) is 11.7 Å². The van der Waals surface area contributed by atoms with Crippen molar-refractivity contribution in [2.24, 2.45) is 5.92 Å². The summed E-state index contributed by atoms with van der Waals surface area (Å²) in [6.45, 7) is 0.369. The van der Waals surface area contributed by atoms with Crippen LogP contribution in [0.1, 0.15) is 25.7 Å². The van der Waals surface area contributed by atoms with Crippen LogP contribution >= 0.6 is 15.9 Å². The number of hydrogen-bond donors (Lipinski definition) is 1. The topological polar surface area (TPSA) is 46.2 Å². The van der Waals surface area contributed by atoms with Gasteiger partial charge in [0, 0.05) is 11.0 Å². The Kier molecular flexibility index (Phi) is 4.40. The van der Waals surface area contributed by atoms with Crippen LogP contribution in [-0.2, 0) is 10.0 Å². The highest BCUT2D eigenvalue weighted by Gasteiger charge is 2.22. The Morgan fingerprint density at radius 1 is 1.39 bits per heavy atom. The Labute approximate surface area is 115 Å². The van der Waals surface area contributed by atoms with Gasteiger partial charge in [-0.15, -0.1) is 0 Å². The lowest BCUT2D eigenvalue weighted by Crippen LogP contribution is -2.25. The fourth-order valence-electron chi connectivity index (χ4n) is 1.77. The highest BCUT2D eigenvalue weighted by atomic mass is 79.9. The minimum Gasteiger partial charge on any atom is -0.211 e. The van der Waals surface area contributed by atoms with E-state index in [9.17, 15) is 12.8 Å². The molecule has 0 atom stereocenters. The van der Waals surface area contributed by atoms with Crippen LogP contribution < -0.4 is 4.72 Å². The Bertz CT molecular complexity index is 529. The van der Waals surface area contributed by atoms with Crippen LogP contribution in [-0.4, -0.2) is 15.0 Å². The molecule has 0 aliphatic heterocycles. The van der Waals surface area contributed by atoms with E-state index < -0.39 is 15.8 Å². The fourth-order valence-corrected chi connectivity index (χ4v) is 3.24. The summed E-state index contributed by atoms with van der Waals surface area (Å²) in [5.41, 5.74) is 0. The van der Waals surface area contributed by atoms with Gasteiger partial charge in [0.2, 0.25) is 10.0 Å². The van der Waals surface area contributed by atoms with Crippen molar-refractivity contribution < 1.29 is 12.8 Å². The normalized spacial score (nSPS) is 15.9. The van der Waals surface area contributed by atoms with E-state index in [0.29, 0.717) is 11.0 Å². The van der Waals surface area contributed by atoms with Gasteiger partial charge in [-0.25, -0.2) is 17.5 Å². The highest BCUT2D eigenvalue weighted by Crippen LogP contribution is 2.33. The molecule has 1 saturated carbocycles. The van der Waals surface area contributed by atoms with Crippen molar-refractivity contribution in [3.63, 3.8) is 0 Å². The van der Waals surface area contributed by atoms with Gasteiger partial charge in [0.05, 0.1) is 0 Å². The summed E-state index contributed by atoms with van der Waals surface area (Å²) >= 11 is 3.09. The van der Waals surface area contributed by atoms with Gasteiger partial charge in [0.1, 0.15) is 10.7 Å². The Hall–Kier alpha value is -0.460. The molecular formula is C12H15BrFNO2S. The molecular weight excluding hydrogens is 321 g/mol. The van der Waals surface area contributed by atoms with Crippen molar-refractivity contribution in [3.8, 4) is 0 Å².